The molecule has 4 heteroatoms. The van der Waals surface area contributed by atoms with Gasteiger partial charge in [0, 0.05) is 16.1 Å². The molecule has 1 rings (SSSR count). The van der Waals surface area contributed by atoms with Crippen molar-refractivity contribution in [1.29, 1.82) is 5.41 Å². The topological polar surface area (TPSA) is 61.2 Å². The molecule has 0 aliphatic rings. The summed E-state index contributed by atoms with van der Waals surface area (Å²) in [7, 11) is 0. The van der Waals surface area contributed by atoms with Gasteiger partial charge in [-0.25, -0.2) is 0 Å². The van der Waals surface area contributed by atoms with Gasteiger partial charge in [0.1, 0.15) is 0 Å². The molecular formula is C11H10ClNO2. The van der Waals surface area contributed by atoms with E-state index in [4.69, 9.17) is 22.1 Å². The van der Waals surface area contributed by atoms with Gasteiger partial charge in [-0.2, -0.15) is 0 Å². The maximum absolute atomic E-state index is 10.5. The van der Waals surface area contributed by atoms with Crippen LogP contribution in [0.25, 0.3) is 6.08 Å². The molecule has 0 fully saturated rings. The van der Waals surface area contributed by atoms with Gasteiger partial charge in [-0.1, -0.05) is 36.4 Å². The fraction of sp³-hybridized carbons (Fsp3) is 0.0909. The molecule has 0 aliphatic carbocycles. The third kappa shape index (κ3) is 2.67. The van der Waals surface area contributed by atoms with Gasteiger partial charge < -0.3 is 10.5 Å². The van der Waals surface area contributed by atoms with E-state index in [9.17, 15) is 4.79 Å². The number of rotatable bonds is 4. The van der Waals surface area contributed by atoms with Crippen LogP contribution in [0.4, 0.5) is 0 Å². The summed E-state index contributed by atoms with van der Waals surface area (Å²) in [5, 5.41) is 16.7. The first-order valence-electron chi connectivity index (χ1n) is 4.26. The van der Waals surface area contributed by atoms with E-state index in [1.54, 1.807) is 18.2 Å². The lowest BCUT2D eigenvalue weighted by atomic mass is 10.0. The molecule has 15 heavy (non-hydrogen) atoms. The summed E-state index contributed by atoms with van der Waals surface area (Å²) in [6.07, 6.45) is 1.20. The van der Waals surface area contributed by atoms with Crippen LogP contribution in [0.5, 0.6) is 0 Å². The summed E-state index contributed by atoms with van der Waals surface area (Å²) in [6.45, 7) is 3.59. The van der Waals surface area contributed by atoms with Gasteiger partial charge in [0.15, 0.2) is 0 Å². The van der Waals surface area contributed by atoms with E-state index < -0.39 is 5.97 Å². The number of carboxylic acids is 1. The number of carbonyl (C=O) groups is 1. The van der Waals surface area contributed by atoms with Gasteiger partial charge in [0.25, 0.3) is 0 Å². The minimum Gasteiger partial charge on any atom is -0.481 e. The highest BCUT2D eigenvalue weighted by molar-refractivity contribution is 6.32. The van der Waals surface area contributed by atoms with E-state index in [-0.39, 0.29) is 12.1 Å². The Labute approximate surface area is 92.5 Å². The number of nitrogens with one attached hydrogen (secondary N) is 1. The zero-order chi connectivity index (χ0) is 11.4. The number of benzene rings is 1. The fourth-order valence-electron chi connectivity index (χ4n) is 1.25. The van der Waals surface area contributed by atoms with Crippen molar-refractivity contribution in [2.75, 3.05) is 0 Å². The highest BCUT2D eigenvalue weighted by Crippen LogP contribution is 2.22. The van der Waals surface area contributed by atoms with Gasteiger partial charge in [0.2, 0.25) is 0 Å². The molecular weight excluding hydrogens is 214 g/mol. The molecule has 0 saturated carbocycles. The van der Waals surface area contributed by atoms with Crippen molar-refractivity contribution in [2.24, 2.45) is 0 Å². The van der Waals surface area contributed by atoms with Crippen molar-refractivity contribution in [2.45, 2.75) is 6.42 Å². The average molecular weight is 224 g/mol. The lowest BCUT2D eigenvalue weighted by Crippen LogP contribution is -2.08. The predicted octanol–water partition coefficient (Wildman–Crippen LogP) is 2.83. The number of aliphatic carboxylic acids is 1. The van der Waals surface area contributed by atoms with Gasteiger partial charge in [-0.3, -0.25) is 4.79 Å². The molecule has 0 aliphatic heterocycles. The Morgan fingerprint density at radius 2 is 2.27 bits per heavy atom. The molecule has 2 N–H and O–H groups in total. The second-order valence-corrected chi connectivity index (χ2v) is 3.36. The molecule has 0 heterocycles. The second kappa shape index (κ2) is 4.75. The Morgan fingerprint density at radius 1 is 1.60 bits per heavy atom. The van der Waals surface area contributed by atoms with Crippen LogP contribution in [0.3, 0.4) is 0 Å². The van der Waals surface area contributed by atoms with Gasteiger partial charge >= 0.3 is 5.97 Å². The first kappa shape index (κ1) is 11.5. The summed E-state index contributed by atoms with van der Waals surface area (Å²) < 4.78 is 0. The van der Waals surface area contributed by atoms with Gasteiger partial charge in [-0.15, -0.1) is 0 Å². The van der Waals surface area contributed by atoms with Crippen molar-refractivity contribution in [1.82, 2.24) is 0 Å². The normalized spacial score (nSPS) is 9.67. The molecule has 1 aromatic rings. The number of hydrogen-bond acceptors (Lipinski definition) is 2. The summed E-state index contributed by atoms with van der Waals surface area (Å²) >= 11 is 5.89. The van der Waals surface area contributed by atoms with Crippen molar-refractivity contribution in [3.63, 3.8) is 0 Å². The van der Waals surface area contributed by atoms with E-state index in [2.05, 4.69) is 6.58 Å². The van der Waals surface area contributed by atoms with Crippen LogP contribution < -0.4 is 0 Å². The smallest absolute Gasteiger partial charge is 0.309 e. The van der Waals surface area contributed by atoms with Crippen LogP contribution in [0.1, 0.15) is 17.5 Å². The van der Waals surface area contributed by atoms with E-state index in [0.29, 0.717) is 16.1 Å². The second-order valence-electron chi connectivity index (χ2n) is 2.95. The highest BCUT2D eigenvalue weighted by atomic mass is 35.5. The molecule has 0 radical (unpaired) electrons. The average Bonchev–Trinajstić information content (AvgIpc) is 2.16. The standard InChI is InChI=1S/C11H10ClNO2/c1-2-7-8(4-3-5-9(7)12)10(13)6-11(14)15/h2-5,13H,1,6H2,(H,14,15). The molecule has 3 nitrogen and oxygen atoms in total. The third-order valence-corrected chi connectivity index (χ3v) is 2.24. The van der Waals surface area contributed by atoms with Crippen LogP contribution in [-0.4, -0.2) is 16.8 Å². The maximum atomic E-state index is 10.5. The fourth-order valence-corrected chi connectivity index (χ4v) is 1.51. The monoisotopic (exact) mass is 223 g/mol. The van der Waals surface area contributed by atoms with E-state index in [1.807, 2.05) is 0 Å². The SMILES string of the molecule is C=Cc1c(Cl)cccc1C(=N)CC(=O)O. The lowest BCUT2D eigenvalue weighted by Gasteiger charge is -2.07. The lowest BCUT2D eigenvalue weighted by molar-refractivity contribution is -0.135. The quantitative estimate of drug-likeness (QED) is 0.771. The zero-order valence-electron chi connectivity index (χ0n) is 7.96. The van der Waals surface area contributed by atoms with Crippen molar-refractivity contribution in [3.05, 3.63) is 40.9 Å². The largest absolute Gasteiger partial charge is 0.481 e. The van der Waals surface area contributed by atoms with E-state index >= 15 is 0 Å². The first-order chi connectivity index (χ1) is 7.06. The summed E-state index contributed by atoms with van der Waals surface area (Å²) in [4.78, 5) is 10.5. The Kier molecular flexibility index (Phi) is 3.63. The number of hydrogen-bond donors (Lipinski definition) is 2. The van der Waals surface area contributed by atoms with Crippen molar-refractivity contribution >= 4 is 29.4 Å². The van der Waals surface area contributed by atoms with Gasteiger partial charge in [-0.05, 0) is 6.07 Å². The highest BCUT2D eigenvalue weighted by Gasteiger charge is 2.11. The molecule has 0 saturated heterocycles. The molecule has 0 atom stereocenters. The van der Waals surface area contributed by atoms with Crippen LogP contribution in [-0.2, 0) is 4.79 Å². The van der Waals surface area contributed by atoms with Crippen LogP contribution in [0.15, 0.2) is 24.8 Å². The molecule has 1 aromatic carbocycles. The molecule has 0 amide bonds. The minimum absolute atomic E-state index is 0.0277. The number of halogens is 1. The Balaban J connectivity index is 3.13. The Morgan fingerprint density at radius 3 is 2.80 bits per heavy atom. The molecule has 0 unspecified atom stereocenters. The van der Waals surface area contributed by atoms with Crippen molar-refractivity contribution in [3.8, 4) is 0 Å². The first-order valence-corrected chi connectivity index (χ1v) is 4.64. The predicted molar refractivity (Wildman–Crippen MR) is 60.6 cm³/mol. The molecule has 0 aromatic heterocycles. The Hall–Kier alpha value is -1.61. The van der Waals surface area contributed by atoms with Crippen LogP contribution in [0, 0.1) is 5.41 Å². The summed E-state index contributed by atoms with van der Waals surface area (Å²) in [5.74, 6) is -1.03. The van der Waals surface area contributed by atoms with E-state index in [1.165, 1.54) is 6.08 Å². The number of carboxylic acid groups (broad SMARTS) is 1. The molecule has 78 valence electrons. The van der Waals surface area contributed by atoms with Crippen LogP contribution in [0.2, 0.25) is 5.02 Å². The zero-order valence-corrected chi connectivity index (χ0v) is 8.71. The molecule has 0 spiro atoms. The maximum Gasteiger partial charge on any atom is 0.309 e. The van der Waals surface area contributed by atoms with Crippen molar-refractivity contribution < 1.29 is 9.90 Å². The van der Waals surface area contributed by atoms with Crippen LogP contribution >= 0.6 is 11.6 Å². The Bertz CT molecular complexity index is 427. The van der Waals surface area contributed by atoms with Gasteiger partial charge in [0.05, 0.1) is 12.1 Å². The van der Waals surface area contributed by atoms with E-state index in [0.717, 1.165) is 0 Å². The minimum atomic E-state index is -1.03. The molecule has 0 bridgehead atoms. The summed E-state index contributed by atoms with van der Waals surface area (Å²) in [6, 6.07) is 5.02. The third-order valence-electron chi connectivity index (χ3n) is 1.91. The summed E-state index contributed by atoms with van der Waals surface area (Å²) in [5.41, 5.74) is 1.14.